The van der Waals surface area contributed by atoms with E-state index in [9.17, 15) is 19.2 Å². The first-order chi connectivity index (χ1) is 26.6. The quantitative estimate of drug-likeness (QED) is 0.130. The third-order valence-corrected chi connectivity index (χ3v) is 10.2. The summed E-state index contributed by atoms with van der Waals surface area (Å²) in [6.45, 7) is 7.57. The molecule has 1 aliphatic rings. The van der Waals surface area contributed by atoms with Crippen LogP contribution < -0.4 is 26.7 Å². The molecule has 13 nitrogen and oxygen atoms in total. The number of hydrogen-bond acceptors (Lipinski definition) is 9. The minimum Gasteiger partial charge on any atom is -0.481 e. The van der Waals surface area contributed by atoms with Gasteiger partial charge in [-0.1, -0.05) is 59.6 Å². The fraction of sp³-hybridized carbons (Fsp3) is 0.317. The van der Waals surface area contributed by atoms with Crippen molar-refractivity contribution in [3.8, 4) is 39.4 Å². The van der Waals surface area contributed by atoms with Gasteiger partial charge >= 0.3 is 6.09 Å². The number of carbonyl (C=O) groups is 3. The van der Waals surface area contributed by atoms with Gasteiger partial charge in [-0.25, -0.2) is 14.8 Å². The Kier molecular flexibility index (Phi) is 12.0. The van der Waals surface area contributed by atoms with Gasteiger partial charge in [0.15, 0.2) is 0 Å². The van der Waals surface area contributed by atoms with Crippen LogP contribution in [-0.4, -0.2) is 68.5 Å². The van der Waals surface area contributed by atoms with E-state index in [4.69, 9.17) is 43.4 Å². The van der Waals surface area contributed by atoms with E-state index < -0.39 is 23.6 Å². The van der Waals surface area contributed by atoms with Crippen molar-refractivity contribution in [3.63, 3.8) is 0 Å². The molecule has 0 radical (unpaired) electrons. The fourth-order valence-electron chi connectivity index (χ4n) is 6.40. The monoisotopic (exact) mass is 799 g/mol. The highest BCUT2D eigenvalue weighted by Crippen LogP contribution is 2.42. The number of primary amides is 1. The van der Waals surface area contributed by atoms with E-state index >= 15 is 0 Å². The van der Waals surface area contributed by atoms with E-state index in [1.807, 2.05) is 48.5 Å². The number of methoxy groups -OCH3 is 1. The van der Waals surface area contributed by atoms with Crippen LogP contribution in [0.1, 0.15) is 51.7 Å². The highest BCUT2D eigenvalue weighted by atomic mass is 35.5. The first kappa shape index (κ1) is 40.2. The number of amides is 3. The number of fused-ring (bicyclic) bond motifs is 1. The number of rotatable bonds is 12. The Morgan fingerprint density at radius 2 is 1.70 bits per heavy atom. The van der Waals surface area contributed by atoms with Gasteiger partial charge in [0.25, 0.3) is 5.56 Å². The smallest absolute Gasteiger partial charge is 0.410 e. The maximum Gasteiger partial charge on any atom is 0.410 e. The molecule has 3 amide bonds. The number of halogens is 2. The van der Waals surface area contributed by atoms with Crippen LogP contribution in [0.5, 0.6) is 5.88 Å². The molecule has 4 heterocycles. The summed E-state index contributed by atoms with van der Waals surface area (Å²) in [5.74, 6) is -0.256. The molecular formula is C41H43Cl2N7O6. The number of nitrogens with two attached hydrogens (primary N) is 1. The molecule has 0 unspecified atom stereocenters. The van der Waals surface area contributed by atoms with Crippen LogP contribution in [0.25, 0.3) is 39.2 Å². The summed E-state index contributed by atoms with van der Waals surface area (Å²) in [6.07, 6.45) is 3.64. The van der Waals surface area contributed by atoms with Crippen LogP contribution in [0.2, 0.25) is 10.0 Å². The molecule has 2 atom stereocenters. The zero-order valence-corrected chi connectivity index (χ0v) is 33.2. The molecule has 0 saturated carbocycles. The number of nitrogens with one attached hydrogen (secondary N) is 2. The second-order valence-electron chi connectivity index (χ2n) is 14.6. The van der Waals surface area contributed by atoms with Crippen LogP contribution in [0, 0.1) is 0 Å². The zero-order valence-electron chi connectivity index (χ0n) is 31.7. The molecule has 0 spiro atoms. The van der Waals surface area contributed by atoms with Crippen molar-refractivity contribution in [1.29, 1.82) is 0 Å². The first-order valence-corrected chi connectivity index (χ1v) is 18.8. The summed E-state index contributed by atoms with van der Waals surface area (Å²) in [5, 5.41) is 6.71. The van der Waals surface area contributed by atoms with Gasteiger partial charge in [-0.3, -0.25) is 18.8 Å². The summed E-state index contributed by atoms with van der Waals surface area (Å²) < 4.78 is 12.8. The SMILES string of the molecule is COc1nc(-c2cccc(-c3cccc(-c4ccn5c(=O)c(CN[C@@H](C)C(N)=O)cnc5c4)c3Cl)c2Cl)ccc1CN(C[C@@H]1CCC(=O)N1)C(=O)OC(C)(C)C. The summed E-state index contributed by atoms with van der Waals surface area (Å²) in [6, 6.07) is 17.6. The molecule has 0 aliphatic carbocycles. The van der Waals surface area contributed by atoms with Crippen molar-refractivity contribution in [2.75, 3.05) is 13.7 Å². The van der Waals surface area contributed by atoms with E-state index in [2.05, 4.69) is 15.6 Å². The minimum absolute atomic E-state index is 0.0444. The first-order valence-electron chi connectivity index (χ1n) is 18.1. The number of carbonyl (C=O) groups excluding carboxylic acids is 3. The van der Waals surface area contributed by atoms with Gasteiger partial charge < -0.3 is 30.7 Å². The van der Waals surface area contributed by atoms with Crippen molar-refractivity contribution in [2.24, 2.45) is 5.73 Å². The van der Waals surface area contributed by atoms with Crippen LogP contribution in [0.15, 0.2) is 77.9 Å². The third kappa shape index (κ3) is 8.96. The fourth-order valence-corrected chi connectivity index (χ4v) is 7.06. The third-order valence-electron chi connectivity index (χ3n) is 9.35. The van der Waals surface area contributed by atoms with Crippen LogP contribution in [-0.2, 0) is 27.4 Å². The van der Waals surface area contributed by atoms with Gasteiger partial charge in [-0.15, -0.1) is 0 Å². The lowest BCUT2D eigenvalue weighted by molar-refractivity contribution is -0.120. The summed E-state index contributed by atoms with van der Waals surface area (Å²) in [5.41, 5.74) is 9.78. The average Bonchev–Trinajstić information content (AvgIpc) is 3.57. The van der Waals surface area contributed by atoms with Crippen molar-refractivity contribution >= 4 is 46.8 Å². The highest BCUT2D eigenvalue weighted by Gasteiger charge is 2.29. The molecular weight excluding hydrogens is 757 g/mol. The molecule has 292 valence electrons. The van der Waals surface area contributed by atoms with Gasteiger partial charge in [-0.05, 0) is 63.9 Å². The predicted octanol–water partition coefficient (Wildman–Crippen LogP) is 6.39. The Morgan fingerprint density at radius 1 is 1.02 bits per heavy atom. The summed E-state index contributed by atoms with van der Waals surface area (Å²) in [4.78, 5) is 60.6. The normalized spacial score (nSPS) is 14.7. The lowest BCUT2D eigenvalue weighted by Crippen LogP contribution is -2.43. The van der Waals surface area contributed by atoms with Crippen molar-refractivity contribution in [2.45, 2.75) is 71.3 Å². The van der Waals surface area contributed by atoms with E-state index in [0.29, 0.717) is 73.5 Å². The van der Waals surface area contributed by atoms with Gasteiger partial charge in [-0.2, -0.15) is 0 Å². The maximum atomic E-state index is 13.3. The largest absolute Gasteiger partial charge is 0.481 e. The second-order valence-corrected chi connectivity index (χ2v) is 15.4. The maximum absolute atomic E-state index is 13.3. The Morgan fingerprint density at radius 3 is 2.34 bits per heavy atom. The molecule has 6 rings (SSSR count). The molecule has 4 N–H and O–H groups in total. The van der Waals surface area contributed by atoms with E-state index in [1.54, 1.807) is 50.9 Å². The Bertz CT molecular complexity index is 2380. The molecule has 1 aliphatic heterocycles. The van der Waals surface area contributed by atoms with Gasteiger partial charge in [0.05, 0.1) is 41.0 Å². The molecule has 0 bridgehead atoms. The topological polar surface area (TPSA) is 170 Å². The van der Waals surface area contributed by atoms with Crippen LogP contribution in [0.4, 0.5) is 4.79 Å². The van der Waals surface area contributed by atoms with Crippen molar-refractivity contribution < 1.29 is 23.9 Å². The Labute approximate surface area is 334 Å². The molecule has 5 aromatic rings. The van der Waals surface area contributed by atoms with Crippen LogP contribution >= 0.6 is 23.2 Å². The van der Waals surface area contributed by atoms with Crippen molar-refractivity contribution in [1.82, 2.24) is 29.9 Å². The number of aromatic nitrogens is 3. The van der Waals surface area contributed by atoms with Gasteiger partial charge in [0, 0.05) is 65.8 Å². The molecule has 1 fully saturated rings. The minimum atomic E-state index is -0.713. The lowest BCUT2D eigenvalue weighted by atomic mass is 9.97. The number of benzene rings is 2. The predicted molar refractivity (Wildman–Crippen MR) is 215 cm³/mol. The second kappa shape index (κ2) is 16.7. The van der Waals surface area contributed by atoms with Gasteiger partial charge in [0.2, 0.25) is 17.7 Å². The Hall–Kier alpha value is -5.50. The standard InChI is InChI=1S/C41H43Cl2N7O6/c1-23(37(44)52)45-19-26-20-46-33-18-24(16-17-50(33)39(26)53)28-8-6-9-29(35(28)42)30-10-7-11-31(36(30)43)32-14-12-25(38(48-32)55-5)21-49(40(54)56-41(2,3)4)22-27-13-15-34(51)47-27/h6-12,14,16-18,20,23,27,45H,13,15,19,21-22H2,1-5H3,(H2,44,52)(H,47,51)/t23-,27-/m0/s1. The summed E-state index contributed by atoms with van der Waals surface area (Å²) >= 11 is 14.2. The molecule has 1 saturated heterocycles. The lowest BCUT2D eigenvalue weighted by Gasteiger charge is -2.29. The molecule has 56 heavy (non-hydrogen) atoms. The Balaban J connectivity index is 1.28. The van der Waals surface area contributed by atoms with Crippen LogP contribution in [0.3, 0.4) is 0 Å². The summed E-state index contributed by atoms with van der Waals surface area (Å²) in [7, 11) is 1.51. The van der Waals surface area contributed by atoms with E-state index in [1.165, 1.54) is 17.7 Å². The number of hydrogen-bond donors (Lipinski definition) is 3. The number of nitrogens with zero attached hydrogens (tertiary/aromatic N) is 4. The molecule has 3 aromatic heterocycles. The van der Waals surface area contributed by atoms with E-state index in [0.717, 1.165) is 5.56 Å². The van der Waals surface area contributed by atoms with E-state index in [-0.39, 0.29) is 37.1 Å². The van der Waals surface area contributed by atoms with Gasteiger partial charge in [0.1, 0.15) is 11.2 Å². The molecule has 2 aromatic carbocycles. The van der Waals surface area contributed by atoms with Crippen molar-refractivity contribution in [3.05, 3.63) is 105 Å². The molecule has 15 heteroatoms. The highest BCUT2D eigenvalue weighted by molar-refractivity contribution is 6.39. The zero-order chi connectivity index (χ0) is 40.3. The number of pyridine rings is 2. The number of ether oxygens (including phenoxy) is 2. The average molecular weight is 801 g/mol.